The van der Waals surface area contributed by atoms with Crippen molar-refractivity contribution in [3.8, 4) is 0 Å². The van der Waals surface area contributed by atoms with Gasteiger partial charge in [0.1, 0.15) is 0 Å². The zero-order chi connectivity index (χ0) is 15.6. The maximum absolute atomic E-state index is 5.66. The molecule has 2 fully saturated rings. The van der Waals surface area contributed by atoms with E-state index in [0.717, 1.165) is 28.3 Å². The Hall–Kier alpha value is -0.801. The summed E-state index contributed by atoms with van der Waals surface area (Å²) < 4.78 is 9.91. The van der Waals surface area contributed by atoms with Gasteiger partial charge in [0.2, 0.25) is 0 Å². The summed E-state index contributed by atoms with van der Waals surface area (Å²) in [5, 5.41) is 0. The fourth-order valence-electron chi connectivity index (χ4n) is 5.08. The first-order valence-corrected chi connectivity index (χ1v) is 13.4. The molecule has 23 heavy (non-hydrogen) atoms. The molecule has 0 amide bonds. The van der Waals surface area contributed by atoms with Crippen LogP contribution in [0.3, 0.4) is 0 Å². The molecule has 2 aliphatic rings. The molecule has 0 saturated heterocycles. The first-order valence-electron chi connectivity index (χ1n) is 8.85. The predicted octanol–water partition coefficient (Wildman–Crippen LogP) is 3.36. The maximum atomic E-state index is 5.66. The van der Waals surface area contributed by atoms with Gasteiger partial charge in [-0.3, -0.25) is 0 Å². The molecule has 2 heteroatoms. The van der Waals surface area contributed by atoms with E-state index in [9.17, 15) is 0 Å². The van der Waals surface area contributed by atoms with Crippen LogP contribution in [0.2, 0.25) is 3.93 Å². The normalized spacial score (nSPS) is 29.3. The van der Waals surface area contributed by atoms with Gasteiger partial charge in [0.15, 0.2) is 0 Å². The van der Waals surface area contributed by atoms with Crippen molar-refractivity contribution in [3.05, 3.63) is 60.7 Å². The van der Waals surface area contributed by atoms with Gasteiger partial charge in [-0.15, -0.1) is 0 Å². The summed E-state index contributed by atoms with van der Waals surface area (Å²) in [5.74, 6) is 2.68. The average Bonchev–Trinajstić information content (AvgIpc) is 3.20. The molecule has 2 aliphatic carbocycles. The van der Waals surface area contributed by atoms with Gasteiger partial charge in [0, 0.05) is 0 Å². The Morgan fingerprint density at radius 2 is 1.43 bits per heavy atom. The van der Waals surface area contributed by atoms with Gasteiger partial charge in [-0.1, -0.05) is 0 Å². The second-order valence-electron chi connectivity index (χ2n) is 7.12. The Labute approximate surface area is 146 Å². The molecule has 0 aliphatic heterocycles. The minimum absolute atomic E-state index is 0.800. The molecule has 0 spiro atoms. The second kappa shape index (κ2) is 6.98. The summed E-state index contributed by atoms with van der Waals surface area (Å²) in [6.07, 6.45) is 4.36. The van der Waals surface area contributed by atoms with Gasteiger partial charge in [-0.05, 0) is 0 Å². The molecule has 2 saturated carbocycles. The minimum atomic E-state index is -1.93. The Balaban J connectivity index is 1.76. The zero-order valence-corrected chi connectivity index (χ0v) is 16.7. The third-order valence-electron chi connectivity index (χ3n) is 5.95. The van der Waals surface area contributed by atoms with Crippen molar-refractivity contribution in [1.82, 2.24) is 0 Å². The van der Waals surface area contributed by atoms with Crippen LogP contribution in [0.5, 0.6) is 0 Å². The van der Waals surface area contributed by atoms with E-state index < -0.39 is 19.8 Å². The molecule has 119 valence electrons. The first kappa shape index (κ1) is 15.7. The van der Waals surface area contributed by atoms with Crippen LogP contribution < -0.4 is 7.16 Å². The second-order valence-corrected chi connectivity index (χ2v) is 14.7. The van der Waals surface area contributed by atoms with E-state index in [1.807, 2.05) is 7.11 Å². The standard InChI is InChI=1S/C9H15O.2C6H5.Sn/c1-10-6-9-5-7-2-3-8(9)4-7;2*1-2-4-6-5-3-1;/h5,7-9H,2-4,6H2,1H3;2*1-5H;/t7-,8+,9+;;;/m0.../s1. The van der Waals surface area contributed by atoms with Crippen LogP contribution >= 0.6 is 0 Å². The Morgan fingerprint density at radius 3 is 2.00 bits per heavy atom. The van der Waals surface area contributed by atoms with Gasteiger partial charge in [-0.2, -0.15) is 0 Å². The molecule has 1 radical (unpaired) electrons. The van der Waals surface area contributed by atoms with Crippen LogP contribution in [0.15, 0.2) is 60.7 Å². The number of methoxy groups -OCH3 is 1. The average molecular weight is 412 g/mol. The number of ether oxygens (including phenoxy) is 1. The molecule has 1 nitrogen and oxygen atoms in total. The predicted molar refractivity (Wildman–Crippen MR) is 97.9 cm³/mol. The van der Waals surface area contributed by atoms with Gasteiger partial charge in [-0.25, -0.2) is 0 Å². The van der Waals surface area contributed by atoms with Gasteiger partial charge in [0.05, 0.1) is 0 Å². The number of rotatable bonds is 5. The van der Waals surface area contributed by atoms with Crippen LogP contribution in [0.25, 0.3) is 0 Å². The topological polar surface area (TPSA) is 9.23 Å². The van der Waals surface area contributed by atoms with E-state index in [1.54, 1.807) is 7.16 Å². The van der Waals surface area contributed by atoms with Gasteiger partial charge in [0.25, 0.3) is 0 Å². The fourth-order valence-corrected chi connectivity index (χ4v) is 15.9. The summed E-state index contributed by atoms with van der Waals surface area (Å²) in [4.78, 5) is 0. The summed E-state index contributed by atoms with van der Waals surface area (Å²) in [6.45, 7) is 0.968. The molecule has 2 aromatic carbocycles. The Morgan fingerprint density at radius 1 is 0.870 bits per heavy atom. The third kappa shape index (κ3) is 2.98. The van der Waals surface area contributed by atoms with Crippen molar-refractivity contribution in [2.75, 3.05) is 13.7 Å². The SMILES string of the molecule is COC[C@@H]1[C@@H]2CC[C@@H](C2)[C@H]1[Sn]([c]1ccccc1)[c]1ccccc1. The molecule has 4 atom stereocenters. The molecule has 2 aromatic rings. The Bertz CT molecular complexity index is 587. The summed E-state index contributed by atoms with van der Waals surface area (Å²) in [5.41, 5.74) is 0. The van der Waals surface area contributed by atoms with Crippen LogP contribution in [0.4, 0.5) is 0 Å². The molecular formula is C21H25OSn. The van der Waals surface area contributed by atoms with E-state index >= 15 is 0 Å². The first-order chi connectivity index (χ1) is 11.4. The number of benzene rings is 2. The molecule has 0 aromatic heterocycles. The summed E-state index contributed by atoms with van der Waals surface area (Å²) >= 11 is -1.93. The number of hydrogen-bond donors (Lipinski definition) is 0. The third-order valence-corrected chi connectivity index (χ3v) is 15.9. The summed E-state index contributed by atoms with van der Waals surface area (Å²) in [7, 11) is 1.89. The van der Waals surface area contributed by atoms with E-state index in [-0.39, 0.29) is 0 Å². The van der Waals surface area contributed by atoms with E-state index in [1.165, 1.54) is 19.3 Å². The summed E-state index contributed by atoms with van der Waals surface area (Å²) in [6, 6.07) is 22.8. The monoisotopic (exact) mass is 413 g/mol. The van der Waals surface area contributed by atoms with Crippen molar-refractivity contribution in [2.24, 2.45) is 17.8 Å². The van der Waals surface area contributed by atoms with Crippen LogP contribution in [-0.4, -0.2) is 33.5 Å². The molecule has 0 unspecified atom stereocenters. The van der Waals surface area contributed by atoms with Crippen molar-refractivity contribution < 1.29 is 4.74 Å². The van der Waals surface area contributed by atoms with Crippen LogP contribution in [0.1, 0.15) is 19.3 Å². The number of hydrogen-bond acceptors (Lipinski definition) is 1. The molecule has 0 N–H and O–H groups in total. The molecular weight excluding hydrogens is 387 g/mol. The molecule has 2 bridgehead atoms. The van der Waals surface area contributed by atoms with Crippen molar-refractivity contribution in [2.45, 2.75) is 23.2 Å². The van der Waals surface area contributed by atoms with Crippen molar-refractivity contribution >= 4 is 26.9 Å². The van der Waals surface area contributed by atoms with Gasteiger partial charge >= 0.3 is 147 Å². The molecule has 4 rings (SSSR count). The van der Waals surface area contributed by atoms with E-state index in [2.05, 4.69) is 60.7 Å². The van der Waals surface area contributed by atoms with Crippen LogP contribution in [0, 0.1) is 17.8 Å². The van der Waals surface area contributed by atoms with Gasteiger partial charge < -0.3 is 0 Å². The number of fused-ring (bicyclic) bond motifs is 2. The van der Waals surface area contributed by atoms with Crippen LogP contribution in [-0.2, 0) is 4.74 Å². The van der Waals surface area contributed by atoms with E-state index in [4.69, 9.17) is 4.74 Å². The van der Waals surface area contributed by atoms with E-state index in [0.29, 0.717) is 0 Å². The Kier molecular flexibility index (Phi) is 4.77. The van der Waals surface area contributed by atoms with Crippen molar-refractivity contribution in [1.29, 1.82) is 0 Å². The quantitative estimate of drug-likeness (QED) is 0.685. The fraction of sp³-hybridized carbons (Fsp3) is 0.429. The van der Waals surface area contributed by atoms with Crippen molar-refractivity contribution in [3.63, 3.8) is 0 Å². The zero-order valence-electron chi connectivity index (χ0n) is 13.8. The molecule has 0 heterocycles.